The first-order valence-electron chi connectivity index (χ1n) is 20.6. The van der Waals surface area contributed by atoms with Crippen LogP contribution in [0.5, 0.6) is 17.2 Å². The van der Waals surface area contributed by atoms with Crippen LogP contribution in [0.1, 0.15) is 87.5 Å². The fourth-order valence-electron chi connectivity index (χ4n) is 9.88. The maximum absolute atomic E-state index is 14.0. The first kappa shape index (κ1) is 41.7. The minimum atomic E-state index is -1.28. The molecule has 13 nitrogen and oxygen atoms in total. The summed E-state index contributed by atoms with van der Waals surface area (Å²) in [6.07, 6.45) is 5.77. The predicted octanol–water partition coefficient (Wildman–Crippen LogP) is 3.10. The number of rotatable bonds is 14. The number of allylic oxidation sites excluding steroid dienone is 3. The molecular weight excluding hydrogens is 744 g/mol. The maximum Gasteiger partial charge on any atom is 0.375 e. The molecule has 1 aliphatic carbocycles. The minimum absolute atomic E-state index is 0.00654. The third kappa shape index (κ3) is 7.40. The average Bonchev–Trinajstić information content (AvgIpc) is 3.90. The minimum Gasteiger partial charge on any atom is -0.496 e. The van der Waals surface area contributed by atoms with Gasteiger partial charge in [0.2, 0.25) is 5.76 Å². The van der Waals surface area contributed by atoms with Crippen LogP contribution in [-0.4, -0.2) is 110 Å². The SMILES string of the molecule is CCOC(=O)C1=C(C=O)C(=C2CC(CO)C(=O)C(c3ccc4c(c3)=CCN=4)C2)c2c(OC)c3c(c(CO)c2O1)OC(C(C)(O)C1CCN(CCCOC)C(CC)C1)C3. The summed E-state index contributed by atoms with van der Waals surface area (Å²) in [6, 6.07) is 6.00. The van der Waals surface area contributed by atoms with Crippen molar-refractivity contribution in [3.8, 4) is 17.2 Å². The van der Waals surface area contributed by atoms with Crippen molar-refractivity contribution in [2.24, 2.45) is 16.8 Å². The largest absolute Gasteiger partial charge is 0.496 e. The molecule has 13 heteroatoms. The number of Topliss-reactive ketones (excluding diaryl/α,β-unsaturated/α-hetero) is 1. The number of ketones is 1. The van der Waals surface area contributed by atoms with Crippen molar-refractivity contribution in [2.75, 3.05) is 53.7 Å². The highest BCUT2D eigenvalue weighted by Gasteiger charge is 2.50. The van der Waals surface area contributed by atoms with E-state index in [2.05, 4.69) is 16.8 Å². The number of ether oxygens (including phenoxy) is 5. The van der Waals surface area contributed by atoms with Crippen molar-refractivity contribution in [3.05, 3.63) is 67.9 Å². The van der Waals surface area contributed by atoms with Gasteiger partial charge in [0.15, 0.2) is 6.29 Å². The Labute approximate surface area is 339 Å². The third-order valence-electron chi connectivity index (χ3n) is 13.0. The van der Waals surface area contributed by atoms with Gasteiger partial charge < -0.3 is 43.9 Å². The number of fused-ring (bicyclic) bond motifs is 3. The molecule has 0 bridgehead atoms. The zero-order valence-corrected chi connectivity index (χ0v) is 34.2. The summed E-state index contributed by atoms with van der Waals surface area (Å²) in [6.45, 7) is 7.66. The number of likely N-dealkylation sites (tertiary alicyclic amines) is 1. The van der Waals surface area contributed by atoms with Crippen molar-refractivity contribution >= 4 is 29.7 Å². The Bertz CT molecular complexity index is 2140. The number of methoxy groups -OCH3 is 2. The number of aliphatic hydroxyl groups excluding tert-OH is 2. The van der Waals surface area contributed by atoms with Gasteiger partial charge in [0, 0.05) is 55.7 Å². The van der Waals surface area contributed by atoms with Gasteiger partial charge >= 0.3 is 5.97 Å². The van der Waals surface area contributed by atoms with Crippen LogP contribution in [-0.2, 0) is 36.9 Å². The molecule has 1 saturated carbocycles. The number of carbonyl (C=O) groups excluding carboxylic acids is 3. The Morgan fingerprint density at radius 1 is 1.14 bits per heavy atom. The van der Waals surface area contributed by atoms with Gasteiger partial charge in [0.25, 0.3) is 0 Å². The average molecular weight is 801 g/mol. The van der Waals surface area contributed by atoms with Crippen LogP contribution >= 0.6 is 0 Å². The predicted molar refractivity (Wildman–Crippen MR) is 214 cm³/mol. The normalized spacial score (nSPS) is 26.3. The maximum atomic E-state index is 14.0. The quantitative estimate of drug-likeness (QED) is 0.145. The number of hydrogen-bond donors (Lipinski definition) is 3. The lowest BCUT2D eigenvalue weighted by Gasteiger charge is -2.46. The molecule has 6 atom stereocenters. The van der Waals surface area contributed by atoms with Crippen LogP contribution < -0.4 is 24.8 Å². The zero-order chi connectivity index (χ0) is 41.3. The second-order valence-corrected chi connectivity index (χ2v) is 16.2. The molecule has 2 fully saturated rings. The lowest BCUT2D eigenvalue weighted by molar-refractivity contribution is -0.141. The molecule has 3 N–H and O–H groups in total. The summed E-state index contributed by atoms with van der Waals surface area (Å²) in [7, 11) is 3.20. The molecule has 58 heavy (non-hydrogen) atoms. The summed E-state index contributed by atoms with van der Waals surface area (Å²) in [5.74, 6) is -2.26. The molecule has 4 heterocycles. The second-order valence-electron chi connectivity index (χ2n) is 16.2. The topological polar surface area (TPSA) is 174 Å². The number of carbonyl (C=O) groups is 3. The number of hydrogen-bond acceptors (Lipinski definition) is 13. The zero-order valence-electron chi connectivity index (χ0n) is 34.2. The molecule has 2 aromatic carbocycles. The van der Waals surface area contributed by atoms with Gasteiger partial charge in [-0.15, -0.1) is 0 Å². The molecule has 1 saturated heterocycles. The summed E-state index contributed by atoms with van der Waals surface area (Å²) in [5, 5.41) is 35.9. The molecule has 4 aliphatic heterocycles. The van der Waals surface area contributed by atoms with Crippen molar-refractivity contribution in [1.29, 1.82) is 0 Å². The molecule has 5 aliphatic rings. The molecule has 0 spiro atoms. The number of benzene rings is 2. The molecule has 0 aromatic heterocycles. The van der Waals surface area contributed by atoms with E-state index >= 15 is 0 Å². The summed E-state index contributed by atoms with van der Waals surface area (Å²) in [4.78, 5) is 47.8. The van der Waals surface area contributed by atoms with Crippen LogP contribution in [0.15, 0.2) is 40.1 Å². The van der Waals surface area contributed by atoms with Crippen LogP contribution in [0.4, 0.5) is 0 Å². The summed E-state index contributed by atoms with van der Waals surface area (Å²) in [5.41, 5.74) is 1.51. The number of nitrogens with zero attached hydrogens (tertiary/aromatic N) is 2. The highest BCUT2D eigenvalue weighted by Crippen LogP contribution is 2.57. The monoisotopic (exact) mass is 800 g/mol. The highest BCUT2D eigenvalue weighted by atomic mass is 16.6. The van der Waals surface area contributed by atoms with Crippen molar-refractivity contribution in [1.82, 2.24) is 4.90 Å². The van der Waals surface area contributed by atoms with E-state index in [1.165, 1.54) is 7.11 Å². The second kappa shape index (κ2) is 17.4. The van der Waals surface area contributed by atoms with E-state index in [9.17, 15) is 29.7 Å². The van der Waals surface area contributed by atoms with E-state index in [1.54, 1.807) is 14.0 Å². The Morgan fingerprint density at radius 2 is 1.95 bits per heavy atom. The van der Waals surface area contributed by atoms with E-state index in [0.29, 0.717) is 53.2 Å². The van der Waals surface area contributed by atoms with Gasteiger partial charge in [-0.25, -0.2) is 4.79 Å². The van der Waals surface area contributed by atoms with Gasteiger partial charge in [-0.05, 0) is 87.7 Å². The fraction of sp³-hybridized carbons (Fsp3) is 0.556. The summed E-state index contributed by atoms with van der Waals surface area (Å²) >= 11 is 0. The lowest BCUT2D eigenvalue weighted by atomic mass is 9.71. The standard InChI is InChI=1S/C45H56N2O11/c1-6-30-20-29(12-15-47(30)14-8-16-54-4)45(3,53)36-21-32-40(57-36)34(24-50)42-38(41(32)55-5)37(33(23-49)43(58-42)44(52)56-7-2)27-18-28(22-48)39(51)31(19-27)25-9-10-35-26(17-25)11-13-46-35/h9-11,17,23,28-31,36,48,50,53H,6-8,12-16,18-22,24H2,1-5H3. The smallest absolute Gasteiger partial charge is 0.375 e. The number of aliphatic hydroxyl groups is 3. The van der Waals surface area contributed by atoms with E-state index in [1.807, 2.05) is 31.2 Å². The van der Waals surface area contributed by atoms with Gasteiger partial charge in [0.1, 0.15) is 34.7 Å². The van der Waals surface area contributed by atoms with E-state index in [-0.39, 0.29) is 66.3 Å². The Morgan fingerprint density at radius 3 is 2.64 bits per heavy atom. The first-order chi connectivity index (χ1) is 28.0. The Hall–Kier alpha value is -4.40. The summed E-state index contributed by atoms with van der Waals surface area (Å²) < 4.78 is 29.9. The molecule has 0 radical (unpaired) electrons. The van der Waals surface area contributed by atoms with Gasteiger partial charge in [0.05, 0.1) is 55.5 Å². The fourth-order valence-corrected chi connectivity index (χ4v) is 9.88. The molecular formula is C45H56N2O11. The van der Waals surface area contributed by atoms with Crippen molar-refractivity contribution in [3.63, 3.8) is 0 Å². The van der Waals surface area contributed by atoms with E-state index < -0.39 is 42.7 Å². The van der Waals surface area contributed by atoms with Crippen molar-refractivity contribution < 1.29 is 53.4 Å². The highest BCUT2D eigenvalue weighted by molar-refractivity contribution is 6.11. The van der Waals surface area contributed by atoms with Crippen LogP contribution in [0.2, 0.25) is 0 Å². The molecule has 0 amide bonds. The Balaban J connectivity index is 1.34. The van der Waals surface area contributed by atoms with Crippen LogP contribution in [0.3, 0.4) is 0 Å². The van der Waals surface area contributed by atoms with Crippen LogP contribution in [0.25, 0.3) is 11.6 Å². The van der Waals surface area contributed by atoms with Crippen LogP contribution in [0, 0.1) is 11.8 Å². The number of aldehydes is 1. The number of piperidine rings is 1. The van der Waals surface area contributed by atoms with Crippen molar-refractivity contribution in [2.45, 2.75) is 96.0 Å². The van der Waals surface area contributed by atoms with Gasteiger partial charge in [-0.2, -0.15) is 0 Å². The van der Waals surface area contributed by atoms with E-state index in [4.69, 9.17) is 23.7 Å². The first-order valence-corrected chi connectivity index (χ1v) is 20.6. The molecule has 7 rings (SSSR count). The molecule has 312 valence electrons. The third-order valence-corrected chi connectivity index (χ3v) is 13.0. The van der Waals surface area contributed by atoms with E-state index in [0.717, 1.165) is 54.9 Å². The van der Waals surface area contributed by atoms with Gasteiger partial charge in [-0.1, -0.05) is 24.6 Å². The number of esters is 1. The lowest BCUT2D eigenvalue weighted by Crippen LogP contribution is -2.54. The Kier molecular flexibility index (Phi) is 12.6. The molecule has 2 aromatic rings. The molecule has 6 unspecified atom stereocenters. The van der Waals surface area contributed by atoms with Gasteiger partial charge in [-0.3, -0.25) is 14.6 Å².